The molecule has 2 heteroatoms. The molecule has 166 valence electrons. The summed E-state index contributed by atoms with van der Waals surface area (Å²) >= 11 is 0. The fourth-order valence-electron chi connectivity index (χ4n) is 9.60. The number of hydrogen-bond acceptors (Lipinski definition) is 2. The van der Waals surface area contributed by atoms with Gasteiger partial charge in [0.05, 0.1) is 18.3 Å². The predicted molar refractivity (Wildman–Crippen MR) is 119 cm³/mol. The Balaban J connectivity index is 1.33. The van der Waals surface area contributed by atoms with E-state index in [-0.39, 0.29) is 6.10 Å². The third-order valence-electron chi connectivity index (χ3n) is 11.1. The van der Waals surface area contributed by atoms with Crippen molar-refractivity contribution in [3.63, 3.8) is 0 Å². The Hall–Kier alpha value is -0.0800. The molecule has 0 aromatic heterocycles. The zero-order chi connectivity index (χ0) is 20.6. The van der Waals surface area contributed by atoms with E-state index < -0.39 is 0 Å². The first-order valence-corrected chi connectivity index (χ1v) is 13.1. The monoisotopic (exact) mass is 402 g/mol. The van der Waals surface area contributed by atoms with Crippen LogP contribution in [-0.2, 0) is 4.74 Å². The summed E-state index contributed by atoms with van der Waals surface area (Å²) in [5.41, 5.74) is 0.844. The van der Waals surface area contributed by atoms with Crippen LogP contribution in [0.1, 0.15) is 98.8 Å². The number of hydrogen-bond donors (Lipinski definition) is 1. The molecule has 1 saturated heterocycles. The van der Waals surface area contributed by atoms with Crippen LogP contribution >= 0.6 is 0 Å². The Morgan fingerprint density at radius 2 is 1.66 bits per heavy atom. The van der Waals surface area contributed by atoms with Crippen LogP contribution in [0, 0.1) is 52.3 Å². The Morgan fingerprint density at radius 1 is 0.897 bits per heavy atom. The molecule has 0 spiro atoms. The van der Waals surface area contributed by atoms with E-state index in [2.05, 4.69) is 34.6 Å². The predicted octanol–water partition coefficient (Wildman–Crippen LogP) is 6.46. The molecule has 0 amide bonds. The van der Waals surface area contributed by atoms with Crippen molar-refractivity contribution in [1.29, 1.82) is 0 Å². The summed E-state index contributed by atoms with van der Waals surface area (Å²) in [6.45, 7) is 12.5. The number of ether oxygens (including phenoxy) is 1. The van der Waals surface area contributed by atoms with Gasteiger partial charge in [-0.2, -0.15) is 0 Å². The third kappa shape index (κ3) is 3.25. The van der Waals surface area contributed by atoms with Gasteiger partial charge in [-0.05, 0) is 97.2 Å². The Labute approximate surface area is 179 Å². The van der Waals surface area contributed by atoms with E-state index in [9.17, 15) is 5.11 Å². The fraction of sp³-hybridized carbons (Fsp3) is 1.00. The minimum Gasteiger partial charge on any atom is -0.393 e. The smallest absolute Gasteiger partial charge is 0.0847 e. The molecule has 1 N–H and O–H groups in total. The number of aliphatic hydroxyl groups is 1. The second-order valence-electron chi connectivity index (χ2n) is 13.0. The Morgan fingerprint density at radius 3 is 2.41 bits per heavy atom. The first-order chi connectivity index (χ1) is 13.7. The molecule has 29 heavy (non-hydrogen) atoms. The summed E-state index contributed by atoms with van der Waals surface area (Å²) in [5, 5.41) is 11.2. The van der Waals surface area contributed by atoms with Gasteiger partial charge in [-0.3, -0.25) is 0 Å². The SMILES string of the molecule is CC(C)CCC[C@@H](C)[C@H]1CC[C@H]2[C@@H]3CC(O)C4CC5OC5C[C@]4(C)[C@H]3CC[C@]12C. The van der Waals surface area contributed by atoms with E-state index in [4.69, 9.17) is 4.74 Å². The third-order valence-corrected chi connectivity index (χ3v) is 11.1. The van der Waals surface area contributed by atoms with Crippen molar-refractivity contribution in [2.45, 2.75) is 117 Å². The lowest BCUT2D eigenvalue weighted by molar-refractivity contribution is -0.155. The first kappa shape index (κ1) is 20.8. The lowest BCUT2D eigenvalue weighted by atomic mass is 9.44. The van der Waals surface area contributed by atoms with Crippen LogP contribution in [-0.4, -0.2) is 23.4 Å². The quantitative estimate of drug-likeness (QED) is 0.536. The van der Waals surface area contributed by atoms with Crippen molar-refractivity contribution in [2.75, 3.05) is 0 Å². The van der Waals surface area contributed by atoms with E-state index in [0.29, 0.717) is 29.0 Å². The molecule has 5 fully saturated rings. The van der Waals surface area contributed by atoms with E-state index >= 15 is 0 Å². The zero-order valence-electron chi connectivity index (χ0n) is 19.7. The van der Waals surface area contributed by atoms with Crippen LogP contribution in [0.2, 0.25) is 0 Å². The van der Waals surface area contributed by atoms with Gasteiger partial charge >= 0.3 is 0 Å². The largest absolute Gasteiger partial charge is 0.393 e. The van der Waals surface area contributed by atoms with E-state index in [1.54, 1.807) is 0 Å². The number of epoxide rings is 1. The van der Waals surface area contributed by atoms with E-state index in [1.807, 2.05) is 0 Å². The Kier molecular flexibility index (Phi) is 5.18. The van der Waals surface area contributed by atoms with Crippen LogP contribution in [0.4, 0.5) is 0 Å². The molecular weight excluding hydrogens is 356 g/mol. The number of fused-ring (bicyclic) bond motifs is 6. The maximum absolute atomic E-state index is 11.2. The van der Waals surface area contributed by atoms with Crippen molar-refractivity contribution < 1.29 is 9.84 Å². The van der Waals surface area contributed by atoms with Crippen molar-refractivity contribution in [3.8, 4) is 0 Å². The Bertz CT molecular complexity index is 616. The maximum atomic E-state index is 11.2. The summed E-state index contributed by atoms with van der Waals surface area (Å²) < 4.78 is 5.96. The molecule has 4 aliphatic carbocycles. The average molecular weight is 403 g/mol. The standard InChI is InChI=1S/C27H46O2/c1-16(2)7-6-8-17(3)19-9-10-20-18-13-23(28)22-14-24-25(29-24)15-27(22,5)21(18)11-12-26(19,20)4/h16-25,28H,6-15H2,1-5H3/t17-,18+,19-,20+,21+,22?,23?,24?,25?,26-,27-/m1/s1. The zero-order valence-corrected chi connectivity index (χ0v) is 19.7. The molecule has 0 bridgehead atoms. The molecule has 4 unspecified atom stereocenters. The fourth-order valence-corrected chi connectivity index (χ4v) is 9.60. The summed E-state index contributed by atoms with van der Waals surface area (Å²) in [5.74, 6) is 5.54. The van der Waals surface area contributed by atoms with Crippen molar-refractivity contribution in [3.05, 3.63) is 0 Å². The summed E-state index contributed by atoms with van der Waals surface area (Å²) in [6.07, 6.45) is 14.3. The van der Waals surface area contributed by atoms with Crippen molar-refractivity contribution >= 4 is 0 Å². The molecule has 5 rings (SSSR count). The highest BCUT2D eigenvalue weighted by Gasteiger charge is 2.65. The van der Waals surface area contributed by atoms with Gasteiger partial charge in [0.1, 0.15) is 0 Å². The van der Waals surface area contributed by atoms with Crippen molar-refractivity contribution in [1.82, 2.24) is 0 Å². The summed E-state index contributed by atoms with van der Waals surface area (Å²) in [7, 11) is 0. The second kappa shape index (κ2) is 7.22. The van der Waals surface area contributed by atoms with E-state index in [1.165, 1.54) is 51.4 Å². The van der Waals surface area contributed by atoms with Crippen LogP contribution in [0.5, 0.6) is 0 Å². The highest BCUT2D eigenvalue weighted by atomic mass is 16.6. The van der Waals surface area contributed by atoms with Gasteiger partial charge in [0, 0.05) is 0 Å². The van der Waals surface area contributed by atoms with Gasteiger partial charge in [-0.1, -0.05) is 53.9 Å². The summed E-state index contributed by atoms with van der Waals surface area (Å²) in [4.78, 5) is 0. The lowest BCUT2D eigenvalue weighted by Crippen LogP contribution is -2.58. The van der Waals surface area contributed by atoms with Crippen LogP contribution in [0.15, 0.2) is 0 Å². The first-order valence-electron chi connectivity index (χ1n) is 13.1. The van der Waals surface area contributed by atoms with Crippen LogP contribution in [0.25, 0.3) is 0 Å². The maximum Gasteiger partial charge on any atom is 0.0847 e. The molecule has 1 heterocycles. The number of rotatable bonds is 5. The van der Waals surface area contributed by atoms with Crippen LogP contribution in [0.3, 0.4) is 0 Å². The van der Waals surface area contributed by atoms with Gasteiger partial charge in [0.25, 0.3) is 0 Å². The van der Waals surface area contributed by atoms with Gasteiger partial charge in [0.2, 0.25) is 0 Å². The van der Waals surface area contributed by atoms with Gasteiger partial charge < -0.3 is 9.84 Å². The van der Waals surface area contributed by atoms with Gasteiger partial charge in [-0.25, -0.2) is 0 Å². The molecule has 11 atom stereocenters. The molecule has 0 aromatic carbocycles. The normalized spacial score (nSPS) is 54.3. The summed E-state index contributed by atoms with van der Waals surface area (Å²) in [6, 6.07) is 0. The molecule has 0 radical (unpaired) electrons. The number of aliphatic hydroxyl groups excluding tert-OH is 1. The lowest BCUT2D eigenvalue weighted by Gasteiger charge is -2.61. The van der Waals surface area contributed by atoms with Crippen molar-refractivity contribution in [2.24, 2.45) is 52.3 Å². The molecule has 2 nitrogen and oxygen atoms in total. The topological polar surface area (TPSA) is 32.8 Å². The van der Waals surface area contributed by atoms with Gasteiger partial charge in [0.15, 0.2) is 0 Å². The molecular formula is C27H46O2. The molecule has 1 aliphatic heterocycles. The molecule has 4 saturated carbocycles. The minimum atomic E-state index is -0.0868. The second-order valence-corrected chi connectivity index (χ2v) is 13.0. The highest BCUT2D eigenvalue weighted by Crippen LogP contribution is 2.69. The van der Waals surface area contributed by atoms with E-state index in [0.717, 1.165) is 48.3 Å². The minimum absolute atomic E-state index is 0.0868. The molecule has 5 aliphatic rings. The average Bonchev–Trinajstić information content (AvgIpc) is 3.29. The van der Waals surface area contributed by atoms with Crippen LogP contribution < -0.4 is 0 Å². The molecule has 0 aromatic rings. The highest BCUT2D eigenvalue weighted by molar-refractivity contribution is 5.14. The van der Waals surface area contributed by atoms with Gasteiger partial charge in [-0.15, -0.1) is 0 Å².